The zero-order chi connectivity index (χ0) is 25.4. The van der Waals surface area contributed by atoms with Gasteiger partial charge in [-0.15, -0.1) is 16.8 Å². The molecule has 8 heteroatoms. The van der Waals surface area contributed by atoms with Gasteiger partial charge in [0, 0.05) is 17.8 Å². The Labute approximate surface area is 211 Å². The van der Waals surface area contributed by atoms with Gasteiger partial charge in [0.2, 0.25) is 5.91 Å². The number of rotatable bonds is 11. The number of allylic oxidation sites excluding steroid dienone is 1. The fraction of sp³-hybridized carbons (Fsp3) is 0.333. The Balaban J connectivity index is 1.75. The first kappa shape index (κ1) is 26.2. The van der Waals surface area contributed by atoms with E-state index < -0.39 is 0 Å². The van der Waals surface area contributed by atoms with E-state index in [9.17, 15) is 9.59 Å². The largest absolute Gasteiger partial charge is 0.342 e. The molecule has 0 spiro atoms. The molecule has 0 bridgehead atoms. The molecule has 2 amide bonds. The van der Waals surface area contributed by atoms with Gasteiger partial charge in [0.05, 0.1) is 11.8 Å². The molecule has 7 nitrogen and oxygen atoms in total. The maximum atomic E-state index is 12.9. The first-order valence-corrected chi connectivity index (χ1v) is 12.7. The summed E-state index contributed by atoms with van der Waals surface area (Å²) >= 11 is 1.31. The molecule has 0 aliphatic heterocycles. The molecule has 3 rings (SSSR count). The van der Waals surface area contributed by atoms with Crippen LogP contribution < -0.4 is 10.6 Å². The number of carbonyl (C=O) groups excluding carboxylic acids is 2. The summed E-state index contributed by atoms with van der Waals surface area (Å²) in [4.78, 5) is 25.5. The minimum absolute atomic E-state index is 0.0730. The molecule has 2 aromatic carbocycles. The highest BCUT2D eigenvalue weighted by molar-refractivity contribution is 7.99. The summed E-state index contributed by atoms with van der Waals surface area (Å²) in [6.07, 6.45) is 2.60. The van der Waals surface area contributed by atoms with Crippen molar-refractivity contribution in [2.24, 2.45) is 5.92 Å². The highest BCUT2D eigenvalue weighted by atomic mass is 32.2. The maximum Gasteiger partial charge on any atom is 0.251 e. The number of hydrogen-bond donors (Lipinski definition) is 2. The molecule has 0 aliphatic carbocycles. The second-order valence-electron chi connectivity index (χ2n) is 8.65. The van der Waals surface area contributed by atoms with Crippen molar-refractivity contribution >= 4 is 29.3 Å². The van der Waals surface area contributed by atoms with Gasteiger partial charge in [-0.1, -0.05) is 74.5 Å². The predicted molar refractivity (Wildman–Crippen MR) is 142 cm³/mol. The van der Waals surface area contributed by atoms with Crippen molar-refractivity contribution in [1.29, 1.82) is 0 Å². The van der Waals surface area contributed by atoms with E-state index in [1.54, 1.807) is 6.08 Å². The second-order valence-corrected chi connectivity index (χ2v) is 9.59. The number of aryl methyl sites for hydroxylation is 2. The molecular formula is C27H33N5O2S. The van der Waals surface area contributed by atoms with Gasteiger partial charge in [-0.25, -0.2) is 0 Å². The fourth-order valence-corrected chi connectivity index (χ4v) is 4.42. The topological polar surface area (TPSA) is 88.9 Å². The van der Waals surface area contributed by atoms with Crippen LogP contribution in [-0.2, 0) is 17.8 Å². The highest BCUT2D eigenvalue weighted by Gasteiger charge is 2.26. The zero-order valence-corrected chi connectivity index (χ0v) is 21.6. The fourth-order valence-electron chi connectivity index (χ4n) is 3.66. The summed E-state index contributed by atoms with van der Waals surface area (Å²) in [6, 6.07) is 14.9. The van der Waals surface area contributed by atoms with Crippen LogP contribution in [0.2, 0.25) is 0 Å². The van der Waals surface area contributed by atoms with Gasteiger partial charge in [0.25, 0.3) is 5.91 Å². The minimum atomic E-state index is -0.351. The van der Waals surface area contributed by atoms with E-state index in [1.165, 1.54) is 11.8 Å². The number of benzene rings is 2. The van der Waals surface area contributed by atoms with E-state index in [0.29, 0.717) is 23.1 Å². The van der Waals surface area contributed by atoms with Gasteiger partial charge in [-0.3, -0.25) is 9.59 Å². The lowest BCUT2D eigenvalue weighted by molar-refractivity contribution is -0.113. The molecule has 3 aromatic rings. The van der Waals surface area contributed by atoms with Crippen LogP contribution in [0.5, 0.6) is 0 Å². The second kappa shape index (κ2) is 12.4. The summed E-state index contributed by atoms with van der Waals surface area (Å²) in [5.41, 5.74) is 3.60. The standard InChI is InChI=1S/C27H33N5O2S/c1-6-16-32-25(24(18(3)4)29-26(34)21-14-12-19(5)13-15-21)30-31-27(32)35-17-23(33)28-22-11-9-8-10-20(22)7-2/h6,8-15,18,24H,1,7,16-17H2,2-5H3,(H,28,33)(H,29,34)/t24-/m0/s1. The van der Waals surface area contributed by atoms with Crippen molar-refractivity contribution < 1.29 is 9.59 Å². The number of aromatic nitrogens is 3. The highest BCUT2D eigenvalue weighted by Crippen LogP contribution is 2.26. The van der Waals surface area contributed by atoms with E-state index in [0.717, 1.165) is 23.2 Å². The lowest BCUT2D eigenvalue weighted by atomic mass is 10.0. The van der Waals surface area contributed by atoms with Gasteiger partial charge in [0.15, 0.2) is 11.0 Å². The van der Waals surface area contributed by atoms with Crippen molar-refractivity contribution in [3.05, 3.63) is 83.7 Å². The lowest BCUT2D eigenvalue weighted by Crippen LogP contribution is -2.33. The quantitative estimate of drug-likeness (QED) is 0.285. The Morgan fingerprint density at radius 1 is 1.11 bits per heavy atom. The van der Waals surface area contributed by atoms with Gasteiger partial charge < -0.3 is 15.2 Å². The molecule has 0 aliphatic rings. The Morgan fingerprint density at radius 2 is 1.83 bits per heavy atom. The molecule has 0 fully saturated rings. The third-order valence-electron chi connectivity index (χ3n) is 5.61. The summed E-state index contributed by atoms with van der Waals surface area (Å²) in [6.45, 7) is 12.4. The number of nitrogens with one attached hydrogen (secondary N) is 2. The lowest BCUT2D eigenvalue weighted by Gasteiger charge is -2.22. The first-order chi connectivity index (χ1) is 16.8. The maximum absolute atomic E-state index is 12.9. The number of anilines is 1. The van der Waals surface area contributed by atoms with E-state index in [2.05, 4.69) is 34.3 Å². The molecule has 1 aromatic heterocycles. The van der Waals surface area contributed by atoms with E-state index in [1.807, 2.05) is 73.9 Å². The molecular weight excluding hydrogens is 458 g/mol. The number of thioether (sulfide) groups is 1. The third kappa shape index (κ3) is 6.82. The average Bonchev–Trinajstić information content (AvgIpc) is 3.24. The van der Waals surface area contributed by atoms with Gasteiger partial charge >= 0.3 is 0 Å². The van der Waals surface area contributed by atoms with Crippen molar-refractivity contribution in [2.45, 2.75) is 51.9 Å². The van der Waals surface area contributed by atoms with E-state index >= 15 is 0 Å². The van der Waals surface area contributed by atoms with Crippen LogP contribution >= 0.6 is 11.8 Å². The summed E-state index contributed by atoms with van der Waals surface area (Å²) in [5.74, 6) is 0.622. The van der Waals surface area contributed by atoms with Crippen molar-refractivity contribution in [1.82, 2.24) is 20.1 Å². The monoisotopic (exact) mass is 491 g/mol. The molecule has 1 atom stereocenters. The van der Waals surface area contributed by atoms with Crippen LogP contribution in [0.3, 0.4) is 0 Å². The van der Waals surface area contributed by atoms with Gasteiger partial charge in [-0.05, 0) is 43.0 Å². The van der Waals surface area contributed by atoms with Crippen LogP contribution in [0.1, 0.15) is 54.1 Å². The summed E-state index contributed by atoms with van der Waals surface area (Å²) in [7, 11) is 0. The number of para-hydroxylation sites is 1. The van der Waals surface area contributed by atoms with Crippen LogP contribution in [0.4, 0.5) is 5.69 Å². The van der Waals surface area contributed by atoms with E-state index in [-0.39, 0.29) is 29.5 Å². The number of hydrogen-bond acceptors (Lipinski definition) is 5. The SMILES string of the molecule is C=CCn1c(SCC(=O)Nc2ccccc2CC)nnc1[C@@H](NC(=O)c1ccc(C)cc1)C(C)C. The van der Waals surface area contributed by atoms with E-state index in [4.69, 9.17) is 0 Å². The minimum Gasteiger partial charge on any atom is -0.342 e. The number of carbonyl (C=O) groups is 2. The Morgan fingerprint density at radius 3 is 2.49 bits per heavy atom. The normalized spacial score (nSPS) is 11.8. The zero-order valence-electron chi connectivity index (χ0n) is 20.7. The summed E-state index contributed by atoms with van der Waals surface area (Å²) in [5, 5.41) is 15.4. The van der Waals surface area contributed by atoms with Crippen LogP contribution in [0.15, 0.2) is 66.3 Å². The molecule has 35 heavy (non-hydrogen) atoms. The van der Waals surface area contributed by atoms with Crippen LogP contribution in [0.25, 0.3) is 0 Å². The third-order valence-corrected chi connectivity index (χ3v) is 6.57. The molecule has 0 radical (unpaired) electrons. The Hall–Kier alpha value is -3.39. The van der Waals surface area contributed by atoms with Crippen molar-refractivity contribution in [3.8, 4) is 0 Å². The Bertz CT molecular complexity index is 1170. The number of nitrogens with zero attached hydrogens (tertiary/aromatic N) is 3. The molecule has 2 N–H and O–H groups in total. The Kier molecular flexibility index (Phi) is 9.25. The molecule has 0 unspecified atom stereocenters. The predicted octanol–water partition coefficient (Wildman–Crippen LogP) is 5.19. The summed E-state index contributed by atoms with van der Waals surface area (Å²) < 4.78 is 1.91. The molecule has 0 saturated carbocycles. The van der Waals surface area contributed by atoms with Crippen LogP contribution in [0, 0.1) is 12.8 Å². The smallest absolute Gasteiger partial charge is 0.251 e. The average molecular weight is 492 g/mol. The molecule has 1 heterocycles. The molecule has 184 valence electrons. The van der Waals surface area contributed by atoms with Gasteiger partial charge in [0.1, 0.15) is 0 Å². The number of amides is 2. The first-order valence-electron chi connectivity index (χ1n) is 11.8. The van der Waals surface area contributed by atoms with Crippen molar-refractivity contribution in [3.63, 3.8) is 0 Å². The van der Waals surface area contributed by atoms with Gasteiger partial charge in [-0.2, -0.15) is 0 Å². The molecule has 0 saturated heterocycles. The van der Waals surface area contributed by atoms with Crippen molar-refractivity contribution in [2.75, 3.05) is 11.1 Å². The van der Waals surface area contributed by atoms with Crippen LogP contribution in [-0.4, -0.2) is 32.3 Å².